The molecule has 1 aromatic rings. The molecule has 0 bridgehead atoms. The molecule has 0 saturated heterocycles. The van der Waals surface area contributed by atoms with Crippen LogP contribution in [0.5, 0.6) is 0 Å². The molecule has 4 heteroatoms. The molecule has 18 heavy (non-hydrogen) atoms. The number of aliphatic hydroxyl groups is 1. The van der Waals surface area contributed by atoms with E-state index >= 15 is 0 Å². The van der Waals surface area contributed by atoms with E-state index in [1.54, 1.807) is 0 Å². The average Bonchev–Trinajstić information content (AvgIpc) is 2.30. The summed E-state index contributed by atoms with van der Waals surface area (Å²) in [6.07, 6.45) is 5.79. The second kappa shape index (κ2) is 6.71. The first-order valence-corrected chi connectivity index (χ1v) is 6.87. The highest BCUT2D eigenvalue weighted by atomic mass is 16.3. The molecule has 2 rings (SSSR count). The monoisotopic (exact) mass is 249 g/mol. The van der Waals surface area contributed by atoms with Gasteiger partial charge >= 0.3 is 0 Å². The smallest absolute Gasteiger partial charge is 0.125 e. The summed E-state index contributed by atoms with van der Waals surface area (Å²) < 4.78 is 0. The van der Waals surface area contributed by atoms with E-state index in [1.807, 2.05) is 12.3 Å². The Morgan fingerprint density at radius 2 is 2.28 bits per heavy atom. The van der Waals surface area contributed by atoms with Crippen LogP contribution in [-0.4, -0.2) is 40.7 Å². The average molecular weight is 249 g/mol. The van der Waals surface area contributed by atoms with Gasteiger partial charge in [0, 0.05) is 31.9 Å². The highest BCUT2D eigenvalue weighted by Gasteiger charge is 2.24. The van der Waals surface area contributed by atoms with Crippen LogP contribution in [0.3, 0.4) is 0 Å². The topological polar surface area (TPSA) is 48.4 Å². The lowest BCUT2D eigenvalue weighted by Gasteiger charge is -2.37. The molecule has 1 aromatic heterocycles. The molecule has 1 saturated carbocycles. The van der Waals surface area contributed by atoms with Crippen molar-refractivity contribution in [2.45, 2.75) is 38.8 Å². The van der Waals surface area contributed by atoms with E-state index in [-0.39, 0.29) is 6.61 Å². The molecule has 0 aromatic carbocycles. The molecule has 0 aliphatic heterocycles. The second-order valence-electron chi connectivity index (χ2n) is 4.86. The van der Waals surface area contributed by atoms with Gasteiger partial charge in [0.05, 0.1) is 6.61 Å². The molecule has 1 fully saturated rings. The van der Waals surface area contributed by atoms with Crippen molar-refractivity contribution in [1.29, 1.82) is 0 Å². The lowest BCUT2D eigenvalue weighted by molar-refractivity contribution is 0.0945. The molecule has 1 aliphatic rings. The van der Waals surface area contributed by atoms with E-state index in [1.165, 1.54) is 24.8 Å². The van der Waals surface area contributed by atoms with Gasteiger partial charge in [-0.25, -0.2) is 4.98 Å². The van der Waals surface area contributed by atoms with Crippen molar-refractivity contribution in [3.05, 3.63) is 23.9 Å². The maximum atomic E-state index is 9.13. The van der Waals surface area contributed by atoms with Gasteiger partial charge in [0.15, 0.2) is 0 Å². The lowest BCUT2D eigenvalue weighted by atomic mass is 9.91. The van der Waals surface area contributed by atoms with Crippen LogP contribution in [0.25, 0.3) is 0 Å². The van der Waals surface area contributed by atoms with Gasteiger partial charge < -0.3 is 10.4 Å². The van der Waals surface area contributed by atoms with Crippen LogP contribution in [0, 0.1) is 0 Å². The number of hydrogen-bond acceptors (Lipinski definition) is 4. The van der Waals surface area contributed by atoms with Crippen LogP contribution in [-0.2, 0) is 6.54 Å². The fourth-order valence-corrected chi connectivity index (χ4v) is 2.31. The number of hydrogen-bond donors (Lipinski definition) is 2. The minimum Gasteiger partial charge on any atom is -0.395 e. The number of nitrogens with one attached hydrogen (secondary N) is 1. The SMILES string of the molecule is CCNc1ccc(CN(CCO)C2CCC2)cn1. The van der Waals surface area contributed by atoms with E-state index in [4.69, 9.17) is 5.11 Å². The van der Waals surface area contributed by atoms with Crippen molar-refractivity contribution in [1.82, 2.24) is 9.88 Å². The summed E-state index contributed by atoms with van der Waals surface area (Å²) in [5.74, 6) is 0.929. The van der Waals surface area contributed by atoms with Crippen molar-refractivity contribution in [2.75, 3.05) is 25.0 Å². The quantitative estimate of drug-likeness (QED) is 0.774. The van der Waals surface area contributed by atoms with Crippen LogP contribution in [0.1, 0.15) is 31.7 Å². The molecule has 0 unspecified atom stereocenters. The summed E-state index contributed by atoms with van der Waals surface area (Å²) in [5, 5.41) is 12.3. The zero-order chi connectivity index (χ0) is 12.8. The van der Waals surface area contributed by atoms with Crippen LogP contribution >= 0.6 is 0 Å². The minimum absolute atomic E-state index is 0.236. The lowest BCUT2D eigenvalue weighted by Crippen LogP contribution is -2.41. The molecule has 0 spiro atoms. The van der Waals surface area contributed by atoms with Gasteiger partial charge in [-0.3, -0.25) is 4.90 Å². The van der Waals surface area contributed by atoms with E-state index in [0.29, 0.717) is 6.04 Å². The number of aliphatic hydroxyl groups excluding tert-OH is 1. The molecule has 1 aliphatic carbocycles. The summed E-state index contributed by atoms with van der Waals surface area (Å²) in [6.45, 7) is 4.85. The Morgan fingerprint density at radius 3 is 2.78 bits per heavy atom. The Balaban J connectivity index is 1.92. The van der Waals surface area contributed by atoms with E-state index in [0.717, 1.165) is 25.5 Å². The standard InChI is InChI=1S/C14H23N3O/c1-2-15-14-7-6-12(10-16-14)11-17(8-9-18)13-4-3-5-13/h6-7,10,13,18H,2-5,8-9,11H2,1H3,(H,15,16). The number of aromatic nitrogens is 1. The Hall–Kier alpha value is -1.13. The van der Waals surface area contributed by atoms with E-state index in [2.05, 4.69) is 28.2 Å². The number of rotatable bonds is 7. The maximum Gasteiger partial charge on any atom is 0.125 e. The molecular weight excluding hydrogens is 226 g/mol. The molecular formula is C14H23N3O. The third kappa shape index (κ3) is 3.43. The molecule has 0 amide bonds. The number of anilines is 1. The van der Waals surface area contributed by atoms with Gasteiger partial charge in [-0.05, 0) is 31.4 Å². The Morgan fingerprint density at radius 1 is 1.44 bits per heavy atom. The molecule has 1 heterocycles. The summed E-state index contributed by atoms with van der Waals surface area (Å²) in [4.78, 5) is 6.75. The predicted octanol–water partition coefficient (Wildman–Crippen LogP) is 1.86. The van der Waals surface area contributed by atoms with Crippen LogP contribution in [0.2, 0.25) is 0 Å². The van der Waals surface area contributed by atoms with Crippen LogP contribution < -0.4 is 5.32 Å². The van der Waals surface area contributed by atoms with Crippen molar-refractivity contribution in [3.63, 3.8) is 0 Å². The second-order valence-corrected chi connectivity index (χ2v) is 4.86. The first-order valence-electron chi connectivity index (χ1n) is 6.87. The summed E-state index contributed by atoms with van der Waals surface area (Å²) >= 11 is 0. The number of nitrogens with zero attached hydrogens (tertiary/aromatic N) is 2. The van der Waals surface area contributed by atoms with E-state index in [9.17, 15) is 0 Å². The van der Waals surface area contributed by atoms with Crippen molar-refractivity contribution in [2.24, 2.45) is 0 Å². The predicted molar refractivity (Wildman–Crippen MR) is 73.5 cm³/mol. The van der Waals surface area contributed by atoms with Crippen LogP contribution in [0.4, 0.5) is 5.82 Å². The first-order chi connectivity index (χ1) is 8.83. The minimum atomic E-state index is 0.236. The normalized spacial score (nSPS) is 15.7. The fraction of sp³-hybridized carbons (Fsp3) is 0.643. The van der Waals surface area contributed by atoms with Crippen molar-refractivity contribution < 1.29 is 5.11 Å². The largest absolute Gasteiger partial charge is 0.395 e. The number of pyridine rings is 1. The molecule has 2 N–H and O–H groups in total. The Labute approximate surface area is 109 Å². The van der Waals surface area contributed by atoms with Crippen molar-refractivity contribution in [3.8, 4) is 0 Å². The molecule has 0 radical (unpaired) electrons. The highest BCUT2D eigenvalue weighted by Crippen LogP contribution is 2.25. The maximum absolute atomic E-state index is 9.13. The van der Waals surface area contributed by atoms with Gasteiger partial charge in [0.1, 0.15) is 5.82 Å². The summed E-state index contributed by atoms with van der Waals surface area (Å²) in [5.41, 5.74) is 1.22. The van der Waals surface area contributed by atoms with E-state index < -0.39 is 0 Å². The zero-order valence-corrected chi connectivity index (χ0v) is 11.1. The third-order valence-electron chi connectivity index (χ3n) is 3.55. The zero-order valence-electron chi connectivity index (χ0n) is 11.1. The highest BCUT2D eigenvalue weighted by molar-refractivity contribution is 5.35. The third-order valence-corrected chi connectivity index (χ3v) is 3.55. The summed E-state index contributed by atoms with van der Waals surface area (Å²) in [7, 11) is 0. The van der Waals surface area contributed by atoms with Gasteiger partial charge in [-0.15, -0.1) is 0 Å². The van der Waals surface area contributed by atoms with Gasteiger partial charge in [0.2, 0.25) is 0 Å². The van der Waals surface area contributed by atoms with Gasteiger partial charge in [-0.2, -0.15) is 0 Å². The Kier molecular flexibility index (Phi) is 4.96. The Bertz CT molecular complexity index is 349. The van der Waals surface area contributed by atoms with Crippen molar-refractivity contribution >= 4 is 5.82 Å². The fourth-order valence-electron chi connectivity index (χ4n) is 2.31. The van der Waals surface area contributed by atoms with Gasteiger partial charge in [-0.1, -0.05) is 12.5 Å². The summed E-state index contributed by atoms with van der Waals surface area (Å²) in [6, 6.07) is 4.80. The van der Waals surface area contributed by atoms with Crippen LogP contribution in [0.15, 0.2) is 18.3 Å². The first kappa shape index (κ1) is 13.3. The molecule has 4 nitrogen and oxygen atoms in total. The molecule has 100 valence electrons. The van der Waals surface area contributed by atoms with Gasteiger partial charge in [0.25, 0.3) is 0 Å². The molecule has 0 atom stereocenters.